The number of carbonyl (C=O) groups is 1. The van der Waals surface area contributed by atoms with Crippen LogP contribution in [0.2, 0.25) is 0 Å². The summed E-state index contributed by atoms with van der Waals surface area (Å²) in [6, 6.07) is 6.16. The third-order valence-electron chi connectivity index (χ3n) is 2.53. The van der Waals surface area contributed by atoms with Crippen LogP contribution in [0.1, 0.15) is 17.2 Å². The lowest BCUT2D eigenvalue weighted by molar-refractivity contribution is -0.156. The van der Waals surface area contributed by atoms with Gasteiger partial charge in [0, 0.05) is 6.26 Å². The van der Waals surface area contributed by atoms with E-state index in [2.05, 4.69) is 4.74 Å². The predicted octanol–water partition coefficient (Wildman–Crippen LogP) is -0.201. The van der Waals surface area contributed by atoms with Crippen molar-refractivity contribution < 1.29 is 28.2 Å². The normalized spacial score (nSPS) is 14.7. The molecular weight excluding hydrogens is 272 g/mol. The molecule has 0 bridgehead atoms. The van der Waals surface area contributed by atoms with E-state index >= 15 is 0 Å². The number of rotatable bonds is 5. The van der Waals surface area contributed by atoms with Crippen LogP contribution in [0.5, 0.6) is 0 Å². The first-order chi connectivity index (χ1) is 8.76. The number of sulfone groups is 1. The zero-order valence-corrected chi connectivity index (χ0v) is 11.4. The van der Waals surface area contributed by atoms with Gasteiger partial charge >= 0.3 is 5.97 Å². The summed E-state index contributed by atoms with van der Waals surface area (Å²) in [5.41, 5.74) is 0.520. The molecule has 1 aromatic rings. The lowest BCUT2D eigenvalue weighted by Gasteiger charge is -2.18. The van der Waals surface area contributed by atoms with Gasteiger partial charge in [0.15, 0.2) is 15.9 Å². The quantitative estimate of drug-likeness (QED) is 0.728. The monoisotopic (exact) mass is 288 g/mol. The van der Waals surface area contributed by atoms with Crippen LogP contribution >= 0.6 is 0 Å². The molecule has 6 nitrogen and oxygen atoms in total. The lowest BCUT2D eigenvalue weighted by atomic mass is 9.99. The van der Waals surface area contributed by atoms with Gasteiger partial charge in [-0.25, -0.2) is 13.2 Å². The number of aliphatic hydroxyl groups excluding tert-OH is 2. The summed E-state index contributed by atoms with van der Waals surface area (Å²) in [5, 5.41) is 19.5. The molecule has 2 N–H and O–H groups in total. The van der Waals surface area contributed by atoms with Crippen molar-refractivity contribution >= 4 is 15.8 Å². The van der Waals surface area contributed by atoms with E-state index in [1.807, 2.05) is 0 Å². The van der Waals surface area contributed by atoms with Crippen LogP contribution in [0.25, 0.3) is 0 Å². The van der Waals surface area contributed by atoms with Crippen LogP contribution < -0.4 is 0 Å². The van der Waals surface area contributed by atoms with E-state index in [4.69, 9.17) is 0 Å². The Morgan fingerprint density at radius 2 is 1.89 bits per heavy atom. The van der Waals surface area contributed by atoms with E-state index in [-0.39, 0.29) is 11.3 Å². The van der Waals surface area contributed by atoms with Crippen molar-refractivity contribution in [2.24, 2.45) is 0 Å². The number of aliphatic hydroxyl groups is 2. The van der Waals surface area contributed by atoms with Crippen molar-refractivity contribution in [3.8, 4) is 0 Å². The molecule has 0 spiro atoms. The van der Waals surface area contributed by atoms with Gasteiger partial charge in [0.1, 0.15) is 6.10 Å². The van der Waals surface area contributed by atoms with Crippen molar-refractivity contribution in [1.82, 2.24) is 0 Å². The van der Waals surface area contributed by atoms with E-state index in [1.165, 1.54) is 12.1 Å². The summed E-state index contributed by atoms with van der Waals surface area (Å²) < 4.78 is 26.9. The Labute approximate surface area is 111 Å². The summed E-state index contributed by atoms with van der Waals surface area (Å²) in [5.74, 6) is -1.27. The standard InChI is InChI=1S/C12H16O6S/c1-18-12(15)11(14)10(13)9-6-4-3-5-8(9)7-19(2,16)17/h3-6,10-11,13-14H,7H2,1-2H3. The molecule has 0 saturated heterocycles. The first-order valence-corrected chi connectivity index (χ1v) is 7.52. The average Bonchev–Trinajstić information content (AvgIpc) is 2.35. The Balaban J connectivity index is 3.10. The van der Waals surface area contributed by atoms with Gasteiger partial charge in [0.2, 0.25) is 0 Å². The molecule has 0 radical (unpaired) electrons. The van der Waals surface area contributed by atoms with Crippen molar-refractivity contribution in [2.75, 3.05) is 13.4 Å². The Bertz CT molecular complexity index is 551. The van der Waals surface area contributed by atoms with Gasteiger partial charge in [-0.3, -0.25) is 0 Å². The Kier molecular flexibility index (Phi) is 5.04. The van der Waals surface area contributed by atoms with Gasteiger partial charge in [-0.2, -0.15) is 0 Å². The van der Waals surface area contributed by atoms with E-state index in [0.29, 0.717) is 5.56 Å². The summed E-state index contributed by atoms with van der Waals surface area (Å²) in [6.45, 7) is 0. The van der Waals surface area contributed by atoms with E-state index in [0.717, 1.165) is 13.4 Å². The zero-order chi connectivity index (χ0) is 14.6. The van der Waals surface area contributed by atoms with Crippen molar-refractivity contribution in [3.05, 3.63) is 35.4 Å². The highest BCUT2D eigenvalue weighted by molar-refractivity contribution is 7.89. The second-order valence-corrected chi connectivity index (χ2v) is 6.32. The molecule has 19 heavy (non-hydrogen) atoms. The van der Waals surface area contributed by atoms with Crippen LogP contribution in [0, 0.1) is 0 Å². The number of methoxy groups -OCH3 is 1. The first-order valence-electron chi connectivity index (χ1n) is 5.45. The van der Waals surface area contributed by atoms with Crippen molar-refractivity contribution in [1.29, 1.82) is 0 Å². The van der Waals surface area contributed by atoms with Crippen LogP contribution in [-0.2, 0) is 25.1 Å². The fraction of sp³-hybridized carbons (Fsp3) is 0.417. The number of hydrogen-bond donors (Lipinski definition) is 2. The minimum absolute atomic E-state index is 0.186. The van der Waals surface area contributed by atoms with Gasteiger partial charge < -0.3 is 14.9 Å². The first kappa shape index (κ1) is 15.6. The van der Waals surface area contributed by atoms with E-state index in [1.54, 1.807) is 12.1 Å². The molecular formula is C12H16O6S. The van der Waals surface area contributed by atoms with Gasteiger partial charge in [0.05, 0.1) is 12.9 Å². The number of benzene rings is 1. The Morgan fingerprint density at radius 3 is 2.42 bits per heavy atom. The predicted molar refractivity (Wildman–Crippen MR) is 68.0 cm³/mol. The summed E-state index contributed by atoms with van der Waals surface area (Å²) >= 11 is 0. The van der Waals surface area contributed by atoms with E-state index < -0.39 is 28.0 Å². The maximum absolute atomic E-state index is 11.3. The summed E-state index contributed by atoms with van der Waals surface area (Å²) in [7, 11) is -2.21. The molecule has 0 aromatic heterocycles. The van der Waals surface area contributed by atoms with Crippen LogP contribution in [-0.4, -0.2) is 44.1 Å². The number of ether oxygens (including phenoxy) is 1. The van der Waals surface area contributed by atoms with Crippen molar-refractivity contribution in [2.45, 2.75) is 18.0 Å². The highest BCUT2D eigenvalue weighted by atomic mass is 32.2. The second-order valence-electron chi connectivity index (χ2n) is 4.18. The molecule has 0 aliphatic carbocycles. The fourth-order valence-electron chi connectivity index (χ4n) is 1.66. The van der Waals surface area contributed by atoms with Crippen LogP contribution in [0.15, 0.2) is 24.3 Å². The smallest absolute Gasteiger partial charge is 0.337 e. The van der Waals surface area contributed by atoms with Crippen LogP contribution in [0.4, 0.5) is 0 Å². The summed E-state index contributed by atoms with van der Waals surface area (Å²) in [6.07, 6.45) is -2.23. The van der Waals surface area contributed by atoms with Gasteiger partial charge in [-0.05, 0) is 11.1 Å². The topological polar surface area (TPSA) is 101 Å². The lowest BCUT2D eigenvalue weighted by Crippen LogP contribution is -2.29. The molecule has 0 aliphatic heterocycles. The fourth-order valence-corrected chi connectivity index (χ4v) is 2.48. The largest absolute Gasteiger partial charge is 0.467 e. The van der Waals surface area contributed by atoms with Gasteiger partial charge in [0.25, 0.3) is 0 Å². The highest BCUT2D eigenvalue weighted by Gasteiger charge is 2.28. The van der Waals surface area contributed by atoms with Crippen molar-refractivity contribution in [3.63, 3.8) is 0 Å². The molecule has 7 heteroatoms. The molecule has 0 heterocycles. The summed E-state index contributed by atoms with van der Waals surface area (Å²) in [4.78, 5) is 11.2. The van der Waals surface area contributed by atoms with E-state index in [9.17, 15) is 23.4 Å². The number of esters is 1. The Morgan fingerprint density at radius 1 is 1.32 bits per heavy atom. The molecule has 0 aliphatic rings. The molecule has 2 unspecified atom stereocenters. The average molecular weight is 288 g/mol. The number of carbonyl (C=O) groups excluding carboxylic acids is 1. The molecule has 1 rings (SSSR count). The maximum Gasteiger partial charge on any atom is 0.337 e. The third kappa shape index (κ3) is 4.30. The molecule has 106 valence electrons. The third-order valence-corrected chi connectivity index (χ3v) is 3.37. The molecule has 0 saturated carbocycles. The molecule has 0 fully saturated rings. The minimum atomic E-state index is -3.29. The highest BCUT2D eigenvalue weighted by Crippen LogP contribution is 2.23. The number of hydrogen-bond acceptors (Lipinski definition) is 6. The molecule has 1 aromatic carbocycles. The molecule has 2 atom stereocenters. The molecule has 0 amide bonds. The van der Waals surface area contributed by atoms with Gasteiger partial charge in [-0.15, -0.1) is 0 Å². The maximum atomic E-state index is 11.3. The SMILES string of the molecule is COC(=O)C(O)C(O)c1ccccc1CS(C)(=O)=O. The minimum Gasteiger partial charge on any atom is -0.467 e. The van der Waals surface area contributed by atoms with Gasteiger partial charge in [-0.1, -0.05) is 24.3 Å². The Hall–Kier alpha value is -1.44. The second kappa shape index (κ2) is 6.14. The van der Waals surface area contributed by atoms with Crippen LogP contribution in [0.3, 0.4) is 0 Å². The zero-order valence-electron chi connectivity index (χ0n) is 10.6.